The summed E-state index contributed by atoms with van der Waals surface area (Å²) in [5, 5.41) is 11.1. The second-order valence-electron chi connectivity index (χ2n) is 4.33. The smallest absolute Gasteiger partial charge is 0.492 e. The Labute approximate surface area is 114 Å². The highest BCUT2D eigenvalue weighted by Gasteiger charge is 2.27. The molecule has 5 heteroatoms. The molecule has 0 aromatic heterocycles. The van der Waals surface area contributed by atoms with Gasteiger partial charge in [-0.1, -0.05) is 35.9 Å². The second kappa shape index (κ2) is 4.63. The number of benzene rings is 2. The number of halogens is 1. The lowest BCUT2D eigenvalue weighted by molar-refractivity contribution is 0.0330. The van der Waals surface area contributed by atoms with Gasteiger partial charge in [0.25, 0.3) is 0 Å². The van der Waals surface area contributed by atoms with Crippen LogP contribution in [-0.4, -0.2) is 17.9 Å². The van der Waals surface area contributed by atoms with Gasteiger partial charge in [-0.2, -0.15) is 0 Å². The van der Waals surface area contributed by atoms with Crippen molar-refractivity contribution in [1.82, 2.24) is 0 Å². The number of ether oxygens (including phenoxy) is 2. The molecule has 0 bridgehead atoms. The molecule has 0 spiro atoms. The lowest BCUT2D eigenvalue weighted by Gasteiger charge is -2.26. The number of rotatable bonds is 1. The predicted molar refractivity (Wildman–Crippen MR) is 70.9 cm³/mol. The van der Waals surface area contributed by atoms with E-state index >= 15 is 0 Å². The van der Waals surface area contributed by atoms with E-state index in [-0.39, 0.29) is 0 Å². The molecule has 0 saturated heterocycles. The summed E-state index contributed by atoms with van der Waals surface area (Å²) in [5.74, 6) is 0.664. The molecule has 1 heterocycles. The largest absolute Gasteiger partial charge is 0.506 e. The van der Waals surface area contributed by atoms with E-state index in [0.717, 1.165) is 10.8 Å². The molecule has 1 atom stereocenters. The minimum Gasteiger partial charge on any atom is -0.492 e. The van der Waals surface area contributed by atoms with Gasteiger partial charge in [-0.3, -0.25) is 0 Å². The number of carboxylic acid groups (broad SMARTS) is 1. The summed E-state index contributed by atoms with van der Waals surface area (Å²) < 4.78 is 10.6. The quantitative estimate of drug-likeness (QED) is 0.801. The van der Waals surface area contributed by atoms with Crippen LogP contribution in [0.15, 0.2) is 30.3 Å². The Bertz CT molecular complexity index is 653. The molecular weight excluding hydrogens is 268 g/mol. The van der Waals surface area contributed by atoms with Gasteiger partial charge in [0.1, 0.15) is 11.9 Å². The van der Waals surface area contributed by atoms with Crippen molar-refractivity contribution in [3.63, 3.8) is 0 Å². The van der Waals surface area contributed by atoms with E-state index < -0.39 is 12.3 Å². The maximum absolute atomic E-state index is 10.7. The molecule has 0 amide bonds. The Balaban J connectivity index is 2.20. The van der Waals surface area contributed by atoms with Crippen molar-refractivity contribution >= 4 is 28.5 Å². The Morgan fingerprint density at radius 3 is 2.84 bits per heavy atom. The zero-order valence-corrected chi connectivity index (χ0v) is 10.7. The zero-order chi connectivity index (χ0) is 13.4. The monoisotopic (exact) mass is 278 g/mol. The fourth-order valence-corrected chi connectivity index (χ4v) is 2.67. The van der Waals surface area contributed by atoms with E-state index in [2.05, 4.69) is 0 Å². The second-order valence-corrected chi connectivity index (χ2v) is 4.74. The minimum atomic E-state index is -1.29. The van der Waals surface area contributed by atoms with E-state index in [4.69, 9.17) is 26.2 Å². The van der Waals surface area contributed by atoms with Crippen LogP contribution in [0, 0.1) is 0 Å². The first-order chi connectivity index (χ1) is 9.16. The first kappa shape index (κ1) is 12.1. The molecule has 2 aromatic carbocycles. The maximum atomic E-state index is 10.7. The number of carbonyl (C=O) groups is 1. The fraction of sp³-hybridized carbons (Fsp3) is 0.214. The van der Waals surface area contributed by atoms with Crippen LogP contribution < -0.4 is 4.74 Å². The standard InChI is InChI=1S/C14H11ClO4/c15-11-7-10-12(19-14(16)17)5-6-18-13(10)9-4-2-1-3-8(9)11/h1-4,7,12H,5-6H2,(H,16,17). The Hall–Kier alpha value is -1.94. The summed E-state index contributed by atoms with van der Waals surface area (Å²) in [6, 6.07) is 9.33. The van der Waals surface area contributed by atoms with Crippen molar-refractivity contribution in [1.29, 1.82) is 0 Å². The Morgan fingerprint density at radius 2 is 2.11 bits per heavy atom. The third-order valence-electron chi connectivity index (χ3n) is 3.19. The van der Waals surface area contributed by atoms with Gasteiger partial charge in [0, 0.05) is 27.8 Å². The Kier molecular flexibility index (Phi) is 2.95. The highest BCUT2D eigenvalue weighted by molar-refractivity contribution is 6.36. The van der Waals surface area contributed by atoms with Gasteiger partial charge in [-0.25, -0.2) is 4.79 Å². The van der Waals surface area contributed by atoms with Crippen molar-refractivity contribution < 1.29 is 19.4 Å². The number of fused-ring (bicyclic) bond motifs is 3. The lowest BCUT2D eigenvalue weighted by atomic mass is 9.98. The minimum absolute atomic E-state index is 0.427. The molecule has 1 unspecified atom stereocenters. The lowest BCUT2D eigenvalue weighted by Crippen LogP contribution is -2.19. The number of hydrogen-bond acceptors (Lipinski definition) is 3. The van der Waals surface area contributed by atoms with Crippen LogP contribution in [0.3, 0.4) is 0 Å². The molecular formula is C14H11ClO4. The molecule has 1 N–H and O–H groups in total. The van der Waals surface area contributed by atoms with Crippen LogP contribution in [0.4, 0.5) is 4.79 Å². The molecule has 98 valence electrons. The van der Waals surface area contributed by atoms with Gasteiger partial charge in [0.2, 0.25) is 0 Å². The summed E-state index contributed by atoms with van der Waals surface area (Å²) in [7, 11) is 0. The SMILES string of the molecule is O=C(O)OC1CCOc2c1cc(Cl)c1ccccc21. The van der Waals surface area contributed by atoms with E-state index in [1.165, 1.54) is 0 Å². The summed E-state index contributed by atoms with van der Waals surface area (Å²) in [6.45, 7) is 0.427. The van der Waals surface area contributed by atoms with E-state index in [1.54, 1.807) is 6.07 Å². The topological polar surface area (TPSA) is 55.8 Å². The molecule has 0 fully saturated rings. The highest BCUT2D eigenvalue weighted by Crippen LogP contribution is 2.42. The summed E-state index contributed by atoms with van der Waals surface area (Å²) >= 11 is 6.24. The normalized spacial score (nSPS) is 17.6. The first-order valence-corrected chi connectivity index (χ1v) is 6.28. The van der Waals surface area contributed by atoms with Gasteiger partial charge in [0.05, 0.1) is 6.61 Å². The summed E-state index contributed by atoms with van der Waals surface area (Å²) in [6.07, 6.45) is -1.32. The fourth-order valence-electron chi connectivity index (χ4n) is 2.39. The van der Waals surface area contributed by atoms with Gasteiger partial charge in [-0.05, 0) is 6.07 Å². The summed E-state index contributed by atoms with van der Waals surface area (Å²) in [4.78, 5) is 10.7. The van der Waals surface area contributed by atoms with Crippen LogP contribution >= 0.6 is 11.6 Å². The van der Waals surface area contributed by atoms with E-state index in [9.17, 15) is 4.79 Å². The molecule has 0 saturated carbocycles. The maximum Gasteiger partial charge on any atom is 0.506 e. The van der Waals surface area contributed by atoms with Gasteiger partial charge >= 0.3 is 6.16 Å². The van der Waals surface area contributed by atoms with Crippen molar-refractivity contribution in [2.45, 2.75) is 12.5 Å². The van der Waals surface area contributed by atoms with Crippen LogP contribution in [0.5, 0.6) is 5.75 Å². The summed E-state index contributed by atoms with van der Waals surface area (Å²) in [5.41, 5.74) is 0.692. The van der Waals surface area contributed by atoms with Crippen LogP contribution in [0.2, 0.25) is 5.02 Å². The highest BCUT2D eigenvalue weighted by atomic mass is 35.5. The van der Waals surface area contributed by atoms with E-state index in [0.29, 0.717) is 29.4 Å². The van der Waals surface area contributed by atoms with Crippen molar-refractivity contribution in [2.75, 3.05) is 6.61 Å². The molecule has 19 heavy (non-hydrogen) atoms. The molecule has 1 aliphatic heterocycles. The molecule has 0 aliphatic carbocycles. The third kappa shape index (κ3) is 2.08. The van der Waals surface area contributed by atoms with Crippen LogP contribution in [-0.2, 0) is 4.74 Å². The Morgan fingerprint density at radius 1 is 1.37 bits per heavy atom. The zero-order valence-electron chi connectivity index (χ0n) is 9.93. The predicted octanol–water partition coefficient (Wildman–Crippen LogP) is 4.01. The van der Waals surface area contributed by atoms with Crippen molar-refractivity contribution in [3.8, 4) is 5.75 Å². The average molecular weight is 279 g/mol. The molecule has 4 nitrogen and oxygen atoms in total. The van der Waals surface area contributed by atoms with E-state index in [1.807, 2.05) is 24.3 Å². The average Bonchev–Trinajstić information content (AvgIpc) is 2.40. The molecule has 0 radical (unpaired) electrons. The molecule has 1 aliphatic rings. The molecule has 2 aromatic rings. The van der Waals surface area contributed by atoms with Gasteiger partial charge < -0.3 is 14.6 Å². The van der Waals surface area contributed by atoms with Crippen LogP contribution in [0.1, 0.15) is 18.1 Å². The van der Waals surface area contributed by atoms with Gasteiger partial charge in [-0.15, -0.1) is 0 Å². The van der Waals surface area contributed by atoms with Gasteiger partial charge in [0.15, 0.2) is 0 Å². The van der Waals surface area contributed by atoms with Crippen molar-refractivity contribution in [3.05, 3.63) is 40.9 Å². The molecule has 3 rings (SSSR count). The van der Waals surface area contributed by atoms with Crippen LogP contribution in [0.25, 0.3) is 10.8 Å². The first-order valence-electron chi connectivity index (χ1n) is 5.90. The number of hydrogen-bond donors (Lipinski definition) is 1. The van der Waals surface area contributed by atoms with Crippen molar-refractivity contribution in [2.24, 2.45) is 0 Å². The third-order valence-corrected chi connectivity index (χ3v) is 3.50.